The second-order valence-electron chi connectivity index (χ2n) is 9.36. The number of carbonyl (C=O) groups excluding carboxylic acids is 2. The molecule has 2 fully saturated rings. The van der Waals surface area contributed by atoms with E-state index in [2.05, 4.69) is 29.2 Å². The second-order valence-corrected chi connectivity index (χ2v) is 9.36. The molecule has 1 aromatic carbocycles. The Kier molecular flexibility index (Phi) is 7.23. The monoisotopic (exact) mass is 443 g/mol. The molecule has 32 heavy (non-hydrogen) atoms. The number of piperidine rings is 2. The van der Waals surface area contributed by atoms with E-state index in [9.17, 15) is 9.59 Å². The fourth-order valence-electron chi connectivity index (χ4n) is 5.67. The van der Waals surface area contributed by atoms with E-state index in [1.54, 1.807) is 0 Å². The van der Waals surface area contributed by atoms with Gasteiger partial charge in [-0.3, -0.25) is 0 Å². The van der Waals surface area contributed by atoms with Crippen LogP contribution in [0.5, 0.6) is 0 Å². The van der Waals surface area contributed by atoms with Crippen LogP contribution in [0, 0.1) is 0 Å². The topological polar surface area (TPSA) is 62.3 Å². The quantitative estimate of drug-likeness (QED) is 0.704. The summed E-state index contributed by atoms with van der Waals surface area (Å²) in [6.45, 7) is 9.73. The van der Waals surface area contributed by atoms with Crippen LogP contribution in [0.2, 0.25) is 0 Å². The normalized spacial score (nSPS) is 21.3. The molecule has 2 saturated heterocycles. The van der Waals surface area contributed by atoms with Crippen LogP contribution in [0.3, 0.4) is 0 Å². The van der Waals surface area contributed by atoms with Gasteiger partial charge in [-0.15, -0.1) is 0 Å². The Morgan fingerprint density at radius 2 is 1.66 bits per heavy atom. The highest BCUT2D eigenvalue weighted by molar-refractivity contribution is 5.69. The summed E-state index contributed by atoms with van der Waals surface area (Å²) >= 11 is 0. The van der Waals surface area contributed by atoms with E-state index < -0.39 is 0 Å². The Labute approximate surface area is 191 Å². The van der Waals surface area contributed by atoms with Crippen LogP contribution < -0.4 is 0 Å². The Morgan fingerprint density at radius 3 is 2.34 bits per heavy atom. The number of benzene rings is 1. The second kappa shape index (κ2) is 10.1. The lowest BCUT2D eigenvalue weighted by atomic mass is 9.68. The van der Waals surface area contributed by atoms with Crippen molar-refractivity contribution in [3.8, 4) is 0 Å². The largest absolute Gasteiger partial charge is 0.450 e. The summed E-state index contributed by atoms with van der Waals surface area (Å²) in [6.07, 6.45) is 4.55. The molecule has 3 aliphatic rings. The van der Waals surface area contributed by atoms with Crippen molar-refractivity contribution in [2.45, 2.75) is 64.0 Å². The van der Waals surface area contributed by atoms with Crippen LogP contribution in [0.4, 0.5) is 9.59 Å². The predicted molar refractivity (Wildman–Crippen MR) is 123 cm³/mol. The van der Waals surface area contributed by atoms with Gasteiger partial charge in [-0.1, -0.05) is 31.2 Å². The SMILES string of the molecule is CCCOC(=O)N1Cc2ccccc2C2(CCN(C3CCN(C(=O)OCC)CC3)CC2)C1. The van der Waals surface area contributed by atoms with Crippen molar-refractivity contribution in [2.75, 3.05) is 45.9 Å². The fourth-order valence-corrected chi connectivity index (χ4v) is 5.67. The smallest absolute Gasteiger partial charge is 0.410 e. The molecule has 2 amide bonds. The Balaban J connectivity index is 1.40. The van der Waals surface area contributed by atoms with E-state index in [1.807, 2.05) is 23.6 Å². The van der Waals surface area contributed by atoms with E-state index in [0.29, 0.717) is 25.8 Å². The molecule has 0 aromatic heterocycles. The van der Waals surface area contributed by atoms with E-state index in [0.717, 1.165) is 64.8 Å². The fraction of sp³-hybridized carbons (Fsp3) is 0.680. The van der Waals surface area contributed by atoms with Gasteiger partial charge in [-0.2, -0.15) is 0 Å². The molecular weight excluding hydrogens is 406 g/mol. The number of amides is 2. The summed E-state index contributed by atoms with van der Waals surface area (Å²) in [5, 5.41) is 0. The molecule has 0 radical (unpaired) electrons. The summed E-state index contributed by atoms with van der Waals surface area (Å²) in [5.41, 5.74) is 2.67. The zero-order valence-corrected chi connectivity index (χ0v) is 19.6. The summed E-state index contributed by atoms with van der Waals surface area (Å²) in [6, 6.07) is 9.14. The van der Waals surface area contributed by atoms with E-state index in [4.69, 9.17) is 9.47 Å². The first-order valence-electron chi connectivity index (χ1n) is 12.2. The van der Waals surface area contributed by atoms with Crippen LogP contribution in [-0.2, 0) is 21.4 Å². The predicted octanol–water partition coefficient (Wildman–Crippen LogP) is 4.00. The van der Waals surface area contributed by atoms with Gasteiger partial charge >= 0.3 is 12.2 Å². The molecule has 0 atom stereocenters. The van der Waals surface area contributed by atoms with Gasteiger partial charge in [0.05, 0.1) is 13.2 Å². The van der Waals surface area contributed by atoms with Gasteiger partial charge in [0, 0.05) is 37.6 Å². The molecule has 1 spiro atoms. The van der Waals surface area contributed by atoms with Gasteiger partial charge in [0.25, 0.3) is 0 Å². The summed E-state index contributed by atoms with van der Waals surface area (Å²) < 4.78 is 10.6. The molecule has 3 heterocycles. The lowest BCUT2D eigenvalue weighted by molar-refractivity contribution is 0.0380. The van der Waals surface area contributed by atoms with Crippen molar-refractivity contribution in [1.82, 2.24) is 14.7 Å². The first-order chi connectivity index (χ1) is 15.6. The van der Waals surface area contributed by atoms with Crippen molar-refractivity contribution in [3.63, 3.8) is 0 Å². The Bertz CT molecular complexity index is 798. The standard InChI is InChI=1S/C25H37N3O4/c1-3-17-32-24(30)28-18-20-7-5-6-8-22(20)25(19-28)11-15-26(16-12-25)21-9-13-27(14-10-21)23(29)31-4-2/h5-8,21H,3-4,9-19H2,1-2H3. The molecule has 0 unspecified atom stereocenters. The number of nitrogens with zero attached hydrogens (tertiary/aromatic N) is 3. The highest BCUT2D eigenvalue weighted by Crippen LogP contribution is 2.42. The molecule has 0 bridgehead atoms. The number of hydrogen-bond acceptors (Lipinski definition) is 5. The van der Waals surface area contributed by atoms with Gasteiger partial charge in [0.15, 0.2) is 0 Å². The van der Waals surface area contributed by atoms with Gasteiger partial charge in [-0.05, 0) is 63.2 Å². The van der Waals surface area contributed by atoms with Gasteiger partial charge in [-0.25, -0.2) is 9.59 Å². The van der Waals surface area contributed by atoms with Crippen molar-refractivity contribution in [1.29, 1.82) is 0 Å². The molecule has 7 heteroatoms. The summed E-state index contributed by atoms with van der Waals surface area (Å²) in [5.74, 6) is 0. The minimum absolute atomic E-state index is 0.00219. The van der Waals surface area contributed by atoms with E-state index in [1.165, 1.54) is 11.1 Å². The van der Waals surface area contributed by atoms with Crippen LogP contribution in [0.25, 0.3) is 0 Å². The first kappa shape index (κ1) is 22.9. The molecule has 176 valence electrons. The van der Waals surface area contributed by atoms with Crippen LogP contribution in [0.1, 0.15) is 57.1 Å². The van der Waals surface area contributed by atoms with Crippen molar-refractivity contribution in [2.24, 2.45) is 0 Å². The number of carbonyl (C=O) groups is 2. The van der Waals surface area contributed by atoms with Crippen LogP contribution >= 0.6 is 0 Å². The molecule has 7 nitrogen and oxygen atoms in total. The van der Waals surface area contributed by atoms with E-state index >= 15 is 0 Å². The molecule has 3 aliphatic heterocycles. The number of fused-ring (bicyclic) bond motifs is 2. The van der Waals surface area contributed by atoms with Crippen LogP contribution in [-0.4, -0.2) is 78.9 Å². The Hall–Kier alpha value is -2.28. The highest BCUT2D eigenvalue weighted by atomic mass is 16.6. The maximum Gasteiger partial charge on any atom is 0.410 e. The minimum atomic E-state index is -0.186. The zero-order chi connectivity index (χ0) is 22.6. The summed E-state index contributed by atoms with van der Waals surface area (Å²) in [7, 11) is 0. The van der Waals surface area contributed by atoms with Crippen molar-refractivity contribution >= 4 is 12.2 Å². The third-order valence-electron chi connectivity index (χ3n) is 7.39. The molecule has 0 saturated carbocycles. The average Bonchev–Trinajstić information content (AvgIpc) is 2.83. The van der Waals surface area contributed by atoms with Gasteiger partial charge in [0.2, 0.25) is 0 Å². The minimum Gasteiger partial charge on any atom is -0.450 e. The van der Waals surface area contributed by atoms with E-state index in [-0.39, 0.29) is 17.6 Å². The van der Waals surface area contributed by atoms with Crippen molar-refractivity contribution in [3.05, 3.63) is 35.4 Å². The number of rotatable bonds is 4. The molecular formula is C25H37N3O4. The molecule has 1 aromatic rings. The Morgan fingerprint density at radius 1 is 0.969 bits per heavy atom. The molecule has 0 N–H and O–H groups in total. The van der Waals surface area contributed by atoms with Crippen LogP contribution in [0.15, 0.2) is 24.3 Å². The average molecular weight is 444 g/mol. The lowest BCUT2D eigenvalue weighted by Gasteiger charge is -2.50. The highest BCUT2D eigenvalue weighted by Gasteiger charge is 2.44. The third kappa shape index (κ3) is 4.72. The third-order valence-corrected chi connectivity index (χ3v) is 7.39. The van der Waals surface area contributed by atoms with Gasteiger partial charge < -0.3 is 24.2 Å². The van der Waals surface area contributed by atoms with Crippen molar-refractivity contribution < 1.29 is 19.1 Å². The maximum atomic E-state index is 12.7. The lowest BCUT2D eigenvalue weighted by Crippen LogP contribution is -2.56. The number of hydrogen-bond donors (Lipinski definition) is 0. The van der Waals surface area contributed by atoms with Gasteiger partial charge in [0.1, 0.15) is 0 Å². The molecule has 0 aliphatic carbocycles. The molecule has 4 rings (SSSR count). The summed E-state index contributed by atoms with van der Waals surface area (Å²) in [4.78, 5) is 31.0. The zero-order valence-electron chi connectivity index (χ0n) is 19.6. The first-order valence-corrected chi connectivity index (χ1v) is 12.2. The maximum absolute atomic E-state index is 12.7. The number of ether oxygens (including phenoxy) is 2. The number of likely N-dealkylation sites (tertiary alicyclic amines) is 2.